The van der Waals surface area contributed by atoms with Crippen molar-refractivity contribution in [2.24, 2.45) is 0 Å². The van der Waals surface area contributed by atoms with E-state index in [1.54, 1.807) is 26.0 Å². The van der Waals surface area contributed by atoms with Crippen LogP contribution in [0.1, 0.15) is 29.9 Å². The Morgan fingerprint density at radius 3 is 2.70 bits per heavy atom. The van der Waals surface area contributed by atoms with Crippen LogP contribution >= 0.6 is 30.9 Å². The molecule has 0 saturated heterocycles. The number of carbonyl (C=O) groups is 1. The Hall–Kier alpha value is -1.79. The summed E-state index contributed by atoms with van der Waals surface area (Å²) in [6.45, 7) is 4.03. The second-order valence-electron chi connectivity index (χ2n) is 5.53. The number of benzene rings is 1. The van der Waals surface area contributed by atoms with Crippen LogP contribution in [0.15, 0.2) is 30.5 Å². The Labute approximate surface area is 166 Å². The van der Waals surface area contributed by atoms with Gasteiger partial charge in [0.2, 0.25) is 0 Å². The first-order chi connectivity index (χ1) is 12.9. The van der Waals surface area contributed by atoms with Gasteiger partial charge in [-0.05, 0) is 38.1 Å². The molecule has 0 aliphatic carbocycles. The molecule has 7 nitrogen and oxygen atoms in total. The van der Waals surface area contributed by atoms with Crippen molar-refractivity contribution >= 4 is 42.6 Å². The molecule has 0 N–H and O–H groups in total. The number of esters is 1. The molecule has 0 spiro atoms. The molecule has 2 aromatic rings. The van der Waals surface area contributed by atoms with Crippen molar-refractivity contribution in [3.63, 3.8) is 0 Å². The summed E-state index contributed by atoms with van der Waals surface area (Å²) in [7, 11) is -3.72. The first-order valence-corrected chi connectivity index (χ1v) is 10.5. The third-order valence-corrected chi connectivity index (χ3v) is 6.19. The van der Waals surface area contributed by atoms with Crippen molar-refractivity contribution in [1.82, 2.24) is 4.98 Å². The fourth-order valence-corrected chi connectivity index (χ4v) is 5.02. The van der Waals surface area contributed by atoms with E-state index in [9.17, 15) is 9.36 Å². The minimum absolute atomic E-state index is 0.149. The van der Waals surface area contributed by atoms with E-state index < -0.39 is 13.7 Å². The number of nitrogens with zero attached hydrogens (tertiary/aromatic N) is 2. The van der Waals surface area contributed by atoms with E-state index in [2.05, 4.69) is 4.98 Å². The summed E-state index contributed by atoms with van der Waals surface area (Å²) in [5, 5.41) is 0.694. The minimum Gasteiger partial charge on any atom is -0.461 e. The van der Waals surface area contributed by atoms with Gasteiger partial charge in [-0.25, -0.2) is 14.3 Å². The van der Waals surface area contributed by atoms with Gasteiger partial charge in [-0.3, -0.25) is 9.19 Å². The molecule has 0 bridgehead atoms. The van der Waals surface area contributed by atoms with Gasteiger partial charge in [0.15, 0.2) is 5.75 Å². The number of rotatable bonds is 5. The van der Waals surface area contributed by atoms with Crippen LogP contribution < -0.4 is 9.19 Å². The Bertz CT molecular complexity index is 907. The van der Waals surface area contributed by atoms with Gasteiger partial charge < -0.3 is 9.26 Å². The molecule has 0 radical (unpaired) electrons. The molecule has 1 aliphatic rings. The third kappa shape index (κ3) is 4.06. The molecular formula is C17H17Cl2N2O5P. The van der Waals surface area contributed by atoms with Crippen molar-refractivity contribution in [2.75, 3.05) is 17.9 Å². The summed E-state index contributed by atoms with van der Waals surface area (Å²) >= 11 is 12.3. The number of ether oxygens (including phenoxy) is 1. The molecule has 1 aromatic carbocycles. The first-order valence-electron chi connectivity index (χ1n) is 8.21. The highest BCUT2D eigenvalue weighted by Crippen LogP contribution is 2.59. The van der Waals surface area contributed by atoms with Crippen molar-refractivity contribution < 1.29 is 23.1 Å². The van der Waals surface area contributed by atoms with Crippen LogP contribution in [-0.4, -0.2) is 24.2 Å². The molecule has 1 aliphatic heterocycles. The van der Waals surface area contributed by atoms with Gasteiger partial charge in [-0.2, -0.15) is 0 Å². The lowest BCUT2D eigenvalue weighted by atomic mass is 10.2. The number of hydrogen-bond donors (Lipinski definition) is 0. The number of aromatic nitrogens is 1. The van der Waals surface area contributed by atoms with Gasteiger partial charge in [0.25, 0.3) is 0 Å². The van der Waals surface area contributed by atoms with Crippen LogP contribution in [-0.2, 0) is 20.4 Å². The maximum Gasteiger partial charge on any atom is 0.489 e. The highest BCUT2D eigenvalue weighted by atomic mass is 35.5. The van der Waals surface area contributed by atoms with E-state index in [0.717, 1.165) is 0 Å². The second-order valence-corrected chi connectivity index (χ2v) is 8.24. The zero-order valence-corrected chi connectivity index (χ0v) is 17.1. The lowest BCUT2D eigenvalue weighted by molar-refractivity contribution is 0.0519. The number of hydrogen-bond acceptors (Lipinski definition) is 6. The largest absolute Gasteiger partial charge is 0.489 e. The minimum atomic E-state index is -3.72. The van der Waals surface area contributed by atoms with Crippen LogP contribution in [0.5, 0.6) is 5.75 Å². The molecule has 10 heteroatoms. The molecule has 0 fully saturated rings. The summed E-state index contributed by atoms with van der Waals surface area (Å²) in [5.74, 6) is -0.249. The third-order valence-electron chi connectivity index (χ3n) is 3.73. The van der Waals surface area contributed by atoms with Gasteiger partial charge in [-0.15, -0.1) is 0 Å². The highest BCUT2D eigenvalue weighted by Gasteiger charge is 2.41. The summed E-state index contributed by atoms with van der Waals surface area (Å²) in [5.41, 5.74) is 1.27. The maximum absolute atomic E-state index is 13.4. The summed E-state index contributed by atoms with van der Waals surface area (Å²) in [4.78, 5) is 15.9. The predicted molar refractivity (Wildman–Crippen MR) is 103 cm³/mol. The standard InChI is InChI=1S/C17H17Cl2N2O5P/c1-3-24-17(22)15-6-5-13(9-20-15)21-10-11-7-12(18)8-14(19)16(11)26-27(21,23)25-4-2/h5-9H,3-4,10H2,1-2H3. The molecule has 2 heterocycles. The van der Waals surface area contributed by atoms with Gasteiger partial charge >= 0.3 is 13.7 Å². The van der Waals surface area contributed by atoms with Gasteiger partial charge in [0.05, 0.1) is 36.7 Å². The predicted octanol–water partition coefficient (Wildman–Crippen LogP) is 5.11. The second kappa shape index (κ2) is 8.07. The fourth-order valence-electron chi connectivity index (χ4n) is 2.60. The van der Waals surface area contributed by atoms with Gasteiger partial charge in [-0.1, -0.05) is 23.2 Å². The number of carbonyl (C=O) groups excluding carboxylic acids is 1. The molecule has 1 aromatic heterocycles. The van der Waals surface area contributed by atoms with Crippen LogP contribution in [0.3, 0.4) is 0 Å². The van der Waals surface area contributed by atoms with Crippen molar-refractivity contribution in [3.05, 3.63) is 51.8 Å². The SMILES string of the molecule is CCOC(=O)c1ccc(N2Cc3cc(Cl)cc(Cl)c3OP2(=O)OCC)cn1. The number of anilines is 1. The number of halogens is 2. The van der Waals surface area contributed by atoms with Crippen LogP contribution in [0.4, 0.5) is 5.69 Å². The normalized spacial score (nSPS) is 18.6. The summed E-state index contributed by atoms with van der Waals surface area (Å²) in [6.07, 6.45) is 1.42. The highest BCUT2D eigenvalue weighted by molar-refractivity contribution is 7.56. The van der Waals surface area contributed by atoms with E-state index in [0.29, 0.717) is 16.3 Å². The average molecular weight is 431 g/mol. The lowest BCUT2D eigenvalue weighted by Gasteiger charge is -2.36. The van der Waals surface area contributed by atoms with Crippen molar-refractivity contribution in [2.45, 2.75) is 20.4 Å². The maximum atomic E-state index is 13.4. The molecule has 27 heavy (non-hydrogen) atoms. The monoisotopic (exact) mass is 430 g/mol. The zero-order chi connectivity index (χ0) is 19.6. The Kier molecular flexibility index (Phi) is 5.96. The molecule has 3 rings (SSSR count). The van der Waals surface area contributed by atoms with Crippen LogP contribution in [0, 0.1) is 0 Å². The molecule has 0 amide bonds. The molecule has 1 unspecified atom stereocenters. The van der Waals surface area contributed by atoms with E-state index in [1.165, 1.54) is 23.0 Å². The van der Waals surface area contributed by atoms with E-state index in [4.69, 9.17) is 37.0 Å². The summed E-state index contributed by atoms with van der Waals surface area (Å²) < 4.78 is 30.8. The van der Waals surface area contributed by atoms with Crippen LogP contribution in [0.2, 0.25) is 10.0 Å². The van der Waals surface area contributed by atoms with Gasteiger partial charge in [0.1, 0.15) is 5.69 Å². The Balaban J connectivity index is 1.99. The molecule has 0 saturated carbocycles. The lowest BCUT2D eigenvalue weighted by Crippen LogP contribution is -2.28. The first kappa shape index (κ1) is 20.0. The van der Waals surface area contributed by atoms with Gasteiger partial charge in [0, 0.05) is 10.6 Å². The van der Waals surface area contributed by atoms with E-state index in [1.807, 2.05) is 0 Å². The van der Waals surface area contributed by atoms with Crippen LogP contribution in [0.25, 0.3) is 0 Å². The molecule has 1 atom stereocenters. The zero-order valence-electron chi connectivity index (χ0n) is 14.6. The summed E-state index contributed by atoms with van der Waals surface area (Å²) in [6, 6.07) is 6.30. The van der Waals surface area contributed by atoms with E-state index >= 15 is 0 Å². The number of fused-ring (bicyclic) bond motifs is 1. The molecular weight excluding hydrogens is 414 g/mol. The van der Waals surface area contributed by atoms with Crippen molar-refractivity contribution in [3.8, 4) is 5.75 Å². The van der Waals surface area contributed by atoms with E-state index in [-0.39, 0.29) is 36.2 Å². The smallest absolute Gasteiger partial charge is 0.461 e. The topological polar surface area (TPSA) is 78.0 Å². The average Bonchev–Trinajstić information content (AvgIpc) is 2.62. The molecule has 144 valence electrons. The number of pyridine rings is 1. The Morgan fingerprint density at radius 2 is 2.07 bits per heavy atom. The quantitative estimate of drug-likeness (QED) is 0.481. The fraction of sp³-hybridized carbons (Fsp3) is 0.294. The van der Waals surface area contributed by atoms with Crippen molar-refractivity contribution in [1.29, 1.82) is 0 Å². The Morgan fingerprint density at radius 1 is 1.30 bits per heavy atom.